The van der Waals surface area contributed by atoms with Crippen LogP contribution in [0, 0.1) is 0 Å². The second-order valence-electron chi connectivity index (χ2n) is 19.5. The zero-order chi connectivity index (χ0) is 46.6. The molecule has 1 heterocycles. The summed E-state index contributed by atoms with van der Waals surface area (Å²) in [7, 11) is 0. The first kappa shape index (κ1) is 40.4. The maximum atomic E-state index is 7.39. The molecule has 2 aliphatic rings. The molecule has 0 aliphatic heterocycles. The van der Waals surface area contributed by atoms with Crippen molar-refractivity contribution in [3.63, 3.8) is 0 Å². The van der Waals surface area contributed by atoms with Crippen molar-refractivity contribution in [2.45, 2.75) is 24.7 Å². The van der Waals surface area contributed by atoms with E-state index < -0.39 is 5.41 Å². The molecule has 2 nitrogen and oxygen atoms in total. The van der Waals surface area contributed by atoms with Crippen molar-refractivity contribution < 1.29 is 4.42 Å². The Morgan fingerprint density at radius 3 is 1.44 bits per heavy atom. The number of benzene rings is 11. The zero-order valence-corrected chi connectivity index (χ0v) is 39.0. The minimum Gasteiger partial charge on any atom is -0.455 e. The van der Waals surface area contributed by atoms with E-state index in [9.17, 15) is 0 Å². The third kappa shape index (κ3) is 5.74. The Kier molecular flexibility index (Phi) is 8.88. The summed E-state index contributed by atoms with van der Waals surface area (Å²) in [6, 6.07) is 91.8. The van der Waals surface area contributed by atoms with Gasteiger partial charge in [0.25, 0.3) is 0 Å². The van der Waals surface area contributed by atoms with Gasteiger partial charge in [0.05, 0.1) is 16.5 Å². The lowest BCUT2D eigenvalue weighted by Crippen LogP contribution is -2.28. The summed E-state index contributed by atoms with van der Waals surface area (Å²) in [5.41, 5.74) is 21.5. The number of hydrogen-bond acceptors (Lipinski definition) is 2. The molecule has 12 aromatic rings. The molecule has 330 valence electrons. The van der Waals surface area contributed by atoms with Crippen LogP contribution in [0.4, 0.5) is 17.1 Å². The number of hydrogen-bond donors (Lipinski definition) is 0. The summed E-state index contributed by atoms with van der Waals surface area (Å²) in [6.45, 7) is 4.75. The van der Waals surface area contributed by atoms with Crippen molar-refractivity contribution in [2.75, 3.05) is 4.90 Å². The molecule has 70 heavy (non-hydrogen) atoms. The van der Waals surface area contributed by atoms with Gasteiger partial charge in [0, 0.05) is 33.1 Å². The molecule has 2 aliphatic carbocycles. The topological polar surface area (TPSA) is 16.4 Å². The summed E-state index contributed by atoms with van der Waals surface area (Å²) in [5.74, 6) is 0. The van der Waals surface area contributed by atoms with Crippen LogP contribution in [0.2, 0.25) is 0 Å². The second-order valence-corrected chi connectivity index (χ2v) is 19.5. The number of anilines is 3. The molecule has 2 heteroatoms. The lowest BCUT2D eigenvalue weighted by molar-refractivity contribution is 0.660. The Bertz CT molecular complexity index is 3980. The van der Waals surface area contributed by atoms with Gasteiger partial charge in [-0.2, -0.15) is 0 Å². The summed E-state index contributed by atoms with van der Waals surface area (Å²) in [5, 5.41) is 4.41. The average molecular weight is 894 g/mol. The highest BCUT2D eigenvalue weighted by Crippen LogP contribution is 2.59. The maximum absolute atomic E-state index is 7.39. The summed E-state index contributed by atoms with van der Waals surface area (Å²) in [6.07, 6.45) is 0. The van der Waals surface area contributed by atoms with Gasteiger partial charge >= 0.3 is 0 Å². The van der Waals surface area contributed by atoms with E-state index in [4.69, 9.17) is 4.42 Å². The molecule has 0 spiro atoms. The predicted octanol–water partition coefficient (Wildman–Crippen LogP) is 18.2. The summed E-state index contributed by atoms with van der Waals surface area (Å²) < 4.78 is 7.39. The number of rotatable bonds is 7. The predicted molar refractivity (Wildman–Crippen MR) is 292 cm³/mol. The SMILES string of the molecule is CC1(C)c2ccccc2-c2ccc(N(c3ccc4c(c3)C(c3ccccc3)(c3ccccc3)c3ccccc3-4)c3ccc(-c4ccccc4)c4oc5c6ccccc6c(-c6ccccc6)cc5c34)cc21. The van der Waals surface area contributed by atoms with Crippen molar-refractivity contribution >= 4 is 49.8 Å². The zero-order valence-electron chi connectivity index (χ0n) is 39.0. The largest absolute Gasteiger partial charge is 0.455 e. The molecule has 1 aromatic heterocycles. The number of fused-ring (bicyclic) bond motifs is 11. The van der Waals surface area contributed by atoms with E-state index in [2.05, 4.69) is 267 Å². The normalized spacial score (nSPS) is 13.8. The van der Waals surface area contributed by atoms with E-state index in [1.54, 1.807) is 0 Å². The molecule has 0 radical (unpaired) electrons. The Labute approximate surface area is 408 Å². The van der Waals surface area contributed by atoms with Crippen LogP contribution in [0.1, 0.15) is 47.2 Å². The van der Waals surface area contributed by atoms with E-state index in [1.165, 1.54) is 66.8 Å². The maximum Gasteiger partial charge on any atom is 0.145 e. The molecule has 11 aromatic carbocycles. The molecule has 0 bridgehead atoms. The van der Waals surface area contributed by atoms with Crippen LogP contribution in [-0.2, 0) is 10.8 Å². The summed E-state index contributed by atoms with van der Waals surface area (Å²) in [4.78, 5) is 2.52. The average Bonchev–Trinajstić information content (AvgIpc) is 4.04. The van der Waals surface area contributed by atoms with Gasteiger partial charge in [-0.3, -0.25) is 0 Å². The van der Waals surface area contributed by atoms with Gasteiger partial charge in [0.1, 0.15) is 11.2 Å². The van der Waals surface area contributed by atoms with Crippen LogP contribution in [0.5, 0.6) is 0 Å². The van der Waals surface area contributed by atoms with E-state index in [-0.39, 0.29) is 5.41 Å². The van der Waals surface area contributed by atoms with Crippen LogP contribution in [0.3, 0.4) is 0 Å². The van der Waals surface area contributed by atoms with Gasteiger partial charge in [0.2, 0.25) is 0 Å². The van der Waals surface area contributed by atoms with Crippen molar-refractivity contribution in [3.05, 3.63) is 282 Å². The van der Waals surface area contributed by atoms with Crippen molar-refractivity contribution in [1.82, 2.24) is 0 Å². The highest BCUT2D eigenvalue weighted by Gasteiger charge is 2.46. The monoisotopic (exact) mass is 893 g/mol. The molecule has 0 unspecified atom stereocenters. The Morgan fingerprint density at radius 1 is 0.329 bits per heavy atom. The van der Waals surface area contributed by atoms with Crippen molar-refractivity contribution in [3.8, 4) is 44.5 Å². The molecule has 14 rings (SSSR count). The molecule has 0 amide bonds. The fourth-order valence-corrected chi connectivity index (χ4v) is 12.4. The number of nitrogens with zero attached hydrogens (tertiary/aromatic N) is 1. The number of furan rings is 1. The molecule has 0 saturated carbocycles. The van der Waals surface area contributed by atoms with E-state index >= 15 is 0 Å². The Morgan fingerprint density at radius 2 is 0.800 bits per heavy atom. The second kappa shape index (κ2) is 15.4. The van der Waals surface area contributed by atoms with Crippen LogP contribution < -0.4 is 4.90 Å². The summed E-state index contributed by atoms with van der Waals surface area (Å²) >= 11 is 0. The molecule has 0 atom stereocenters. The standard InChI is InChI=1S/C68H47NO/c1-67(2)59-33-19-17-30-52(59)54-37-35-48(41-61(54)67)69(49-36-38-55-53-31-18-20-34-60(53)68(62(55)42-49,46-25-11-5-12-26-46)47-27-13-6-14-28-47)63-40-39-50(44-21-7-3-8-22-44)66-64(63)58-43-57(45-23-9-4-10-24-45)51-29-15-16-32-56(51)65(58)70-66/h3-43H,1-2H3. The molecule has 0 fully saturated rings. The van der Waals surface area contributed by atoms with Crippen molar-refractivity contribution in [2.24, 2.45) is 0 Å². The third-order valence-corrected chi connectivity index (χ3v) is 15.5. The van der Waals surface area contributed by atoms with Crippen LogP contribution in [-0.4, -0.2) is 0 Å². The Balaban J connectivity index is 1.11. The lowest BCUT2D eigenvalue weighted by Gasteiger charge is -2.35. The van der Waals surface area contributed by atoms with Gasteiger partial charge in [0.15, 0.2) is 0 Å². The fourth-order valence-electron chi connectivity index (χ4n) is 12.4. The van der Waals surface area contributed by atoms with Gasteiger partial charge in [-0.05, 0) is 120 Å². The van der Waals surface area contributed by atoms with Gasteiger partial charge in [-0.25, -0.2) is 0 Å². The van der Waals surface area contributed by atoms with E-state index in [0.29, 0.717) is 0 Å². The van der Waals surface area contributed by atoms with Crippen LogP contribution in [0.15, 0.2) is 253 Å². The Hall–Kier alpha value is -8.72. The van der Waals surface area contributed by atoms with Crippen LogP contribution in [0.25, 0.3) is 77.2 Å². The minimum absolute atomic E-state index is 0.207. The quantitative estimate of drug-likeness (QED) is 0.158. The van der Waals surface area contributed by atoms with E-state index in [0.717, 1.165) is 60.9 Å². The smallest absolute Gasteiger partial charge is 0.145 e. The van der Waals surface area contributed by atoms with Crippen LogP contribution >= 0.6 is 0 Å². The molecular weight excluding hydrogens is 847 g/mol. The van der Waals surface area contributed by atoms with E-state index in [1.807, 2.05) is 0 Å². The molecule has 0 N–H and O–H groups in total. The fraction of sp³-hybridized carbons (Fsp3) is 0.0588. The lowest BCUT2D eigenvalue weighted by atomic mass is 9.67. The van der Waals surface area contributed by atoms with Gasteiger partial charge in [-0.1, -0.05) is 220 Å². The van der Waals surface area contributed by atoms with Gasteiger partial charge in [-0.15, -0.1) is 0 Å². The first-order chi connectivity index (χ1) is 34.5. The first-order valence-corrected chi connectivity index (χ1v) is 24.4. The van der Waals surface area contributed by atoms with Crippen molar-refractivity contribution in [1.29, 1.82) is 0 Å². The minimum atomic E-state index is -0.573. The highest BCUT2D eigenvalue weighted by molar-refractivity contribution is 6.24. The molecule has 0 saturated heterocycles. The first-order valence-electron chi connectivity index (χ1n) is 24.4. The third-order valence-electron chi connectivity index (χ3n) is 15.5. The highest BCUT2D eigenvalue weighted by atomic mass is 16.3. The van der Waals surface area contributed by atoms with Gasteiger partial charge < -0.3 is 9.32 Å². The molecular formula is C68H47NO.